The first-order valence-electron chi connectivity index (χ1n) is 3.87. The van der Waals surface area contributed by atoms with E-state index in [1.54, 1.807) is 0 Å². The minimum Gasteiger partial charge on any atom is -0.315 e. The molecule has 1 heterocycles. The van der Waals surface area contributed by atoms with Gasteiger partial charge < -0.3 is 10.6 Å². The predicted molar refractivity (Wildman–Crippen MR) is 39.6 cm³/mol. The van der Waals surface area contributed by atoms with Crippen LogP contribution in [-0.2, 0) is 0 Å². The van der Waals surface area contributed by atoms with Gasteiger partial charge in [0.25, 0.3) is 0 Å². The number of hydrogen-bond acceptors (Lipinski definition) is 2. The molecule has 1 saturated heterocycles. The minimum atomic E-state index is 0.755. The molecule has 1 atom stereocenters. The molecule has 2 nitrogen and oxygen atoms in total. The molecule has 0 bridgehead atoms. The number of hydrogen-bond donors (Lipinski definition) is 2. The van der Waals surface area contributed by atoms with Crippen molar-refractivity contribution in [3.05, 3.63) is 0 Å². The van der Waals surface area contributed by atoms with E-state index in [1.807, 2.05) is 0 Å². The fourth-order valence-corrected chi connectivity index (χ4v) is 1.25. The van der Waals surface area contributed by atoms with E-state index in [-0.39, 0.29) is 0 Å². The Kier molecular flexibility index (Phi) is 3.01. The predicted octanol–water partition coefficient (Wildman–Crippen LogP) is 0.348. The number of likely N-dealkylation sites (N-methyl/N-ethyl adjacent to an activating group) is 1. The van der Waals surface area contributed by atoms with Crippen molar-refractivity contribution < 1.29 is 0 Å². The molecule has 0 aromatic rings. The SMILES string of the molecule is CCNC[C@@H]1CCCN1. The maximum atomic E-state index is 3.43. The van der Waals surface area contributed by atoms with E-state index in [1.165, 1.54) is 19.4 Å². The molecule has 0 aliphatic carbocycles. The van der Waals surface area contributed by atoms with E-state index in [0.29, 0.717) is 0 Å². The van der Waals surface area contributed by atoms with Gasteiger partial charge >= 0.3 is 0 Å². The van der Waals surface area contributed by atoms with Crippen molar-refractivity contribution in [3.63, 3.8) is 0 Å². The molecule has 0 unspecified atom stereocenters. The van der Waals surface area contributed by atoms with Gasteiger partial charge in [-0.25, -0.2) is 0 Å². The Balaban J connectivity index is 1.98. The van der Waals surface area contributed by atoms with Gasteiger partial charge in [0.2, 0.25) is 0 Å². The van der Waals surface area contributed by atoms with Crippen LogP contribution in [-0.4, -0.2) is 25.7 Å². The molecule has 1 aliphatic heterocycles. The molecule has 1 aliphatic rings. The second kappa shape index (κ2) is 3.85. The standard InChI is InChI=1S/C7H16N2/c1-2-8-6-7-4-3-5-9-7/h7-9H,2-6H2,1H3/t7-/m0/s1. The molecule has 1 fully saturated rings. The summed E-state index contributed by atoms with van der Waals surface area (Å²) in [6.07, 6.45) is 2.71. The third-order valence-corrected chi connectivity index (χ3v) is 1.80. The van der Waals surface area contributed by atoms with Gasteiger partial charge in [0.15, 0.2) is 0 Å². The summed E-state index contributed by atoms with van der Waals surface area (Å²) in [5.74, 6) is 0. The zero-order valence-corrected chi connectivity index (χ0v) is 6.11. The Labute approximate surface area is 57.0 Å². The van der Waals surface area contributed by atoms with Crippen LogP contribution in [0.1, 0.15) is 19.8 Å². The zero-order valence-electron chi connectivity index (χ0n) is 6.11. The normalized spacial score (nSPS) is 27.0. The maximum absolute atomic E-state index is 3.43. The molecule has 2 heteroatoms. The van der Waals surface area contributed by atoms with Crippen LogP contribution in [0.2, 0.25) is 0 Å². The zero-order chi connectivity index (χ0) is 6.53. The Bertz CT molecular complexity index is 67.3. The van der Waals surface area contributed by atoms with Crippen LogP contribution in [0, 0.1) is 0 Å². The molecule has 0 aromatic heterocycles. The molecule has 2 N–H and O–H groups in total. The molecule has 0 radical (unpaired) electrons. The second-order valence-corrected chi connectivity index (χ2v) is 2.60. The fourth-order valence-electron chi connectivity index (χ4n) is 1.25. The van der Waals surface area contributed by atoms with Gasteiger partial charge in [-0.2, -0.15) is 0 Å². The van der Waals surface area contributed by atoms with Crippen LogP contribution in [0.25, 0.3) is 0 Å². The first-order valence-corrected chi connectivity index (χ1v) is 3.87. The Morgan fingerprint density at radius 1 is 1.67 bits per heavy atom. The Morgan fingerprint density at radius 3 is 3.11 bits per heavy atom. The first-order chi connectivity index (χ1) is 4.43. The van der Waals surface area contributed by atoms with E-state index in [9.17, 15) is 0 Å². The van der Waals surface area contributed by atoms with Gasteiger partial charge in [0.1, 0.15) is 0 Å². The quantitative estimate of drug-likeness (QED) is 0.573. The average Bonchev–Trinajstić information content (AvgIpc) is 2.34. The van der Waals surface area contributed by atoms with Crippen LogP contribution >= 0.6 is 0 Å². The average molecular weight is 128 g/mol. The second-order valence-electron chi connectivity index (χ2n) is 2.60. The summed E-state index contributed by atoms with van der Waals surface area (Å²) in [5.41, 5.74) is 0. The van der Waals surface area contributed by atoms with Crippen LogP contribution in [0.4, 0.5) is 0 Å². The summed E-state index contributed by atoms with van der Waals surface area (Å²) < 4.78 is 0. The van der Waals surface area contributed by atoms with E-state index < -0.39 is 0 Å². The summed E-state index contributed by atoms with van der Waals surface area (Å²) >= 11 is 0. The summed E-state index contributed by atoms with van der Waals surface area (Å²) in [4.78, 5) is 0. The van der Waals surface area contributed by atoms with E-state index in [0.717, 1.165) is 19.1 Å². The van der Waals surface area contributed by atoms with E-state index >= 15 is 0 Å². The van der Waals surface area contributed by atoms with Crippen LogP contribution in [0.5, 0.6) is 0 Å². The molecule has 9 heavy (non-hydrogen) atoms. The Morgan fingerprint density at radius 2 is 2.56 bits per heavy atom. The van der Waals surface area contributed by atoms with Crippen LogP contribution in [0.15, 0.2) is 0 Å². The molecule has 54 valence electrons. The van der Waals surface area contributed by atoms with Crippen LogP contribution in [0.3, 0.4) is 0 Å². The van der Waals surface area contributed by atoms with Gasteiger partial charge in [-0.3, -0.25) is 0 Å². The lowest BCUT2D eigenvalue weighted by Gasteiger charge is -2.08. The molecule has 0 spiro atoms. The molecular weight excluding hydrogens is 112 g/mol. The van der Waals surface area contributed by atoms with Crippen LogP contribution < -0.4 is 10.6 Å². The lowest BCUT2D eigenvalue weighted by atomic mass is 10.2. The lowest BCUT2D eigenvalue weighted by molar-refractivity contribution is 0.547. The third-order valence-electron chi connectivity index (χ3n) is 1.80. The Hall–Kier alpha value is -0.0800. The van der Waals surface area contributed by atoms with Crippen molar-refractivity contribution in [3.8, 4) is 0 Å². The minimum absolute atomic E-state index is 0.755. The summed E-state index contributed by atoms with van der Waals surface area (Å²) in [5, 5.41) is 6.76. The van der Waals surface area contributed by atoms with Crippen molar-refractivity contribution >= 4 is 0 Å². The highest BCUT2D eigenvalue weighted by atomic mass is 15.0. The van der Waals surface area contributed by atoms with Gasteiger partial charge in [-0.15, -0.1) is 0 Å². The van der Waals surface area contributed by atoms with Crippen molar-refractivity contribution in [1.29, 1.82) is 0 Å². The van der Waals surface area contributed by atoms with Crippen molar-refractivity contribution in [2.45, 2.75) is 25.8 Å². The lowest BCUT2D eigenvalue weighted by Crippen LogP contribution is -2.33. The monoisotopic (exact) mass is 128 g/mol. The summed E-state index contributed by atoms with van der Waals surface area (Å²) in [7, 11) is 0. The van der Waals surface area contributed by atoms with Crippen molar-refractivity contribution in [1.82, 2.24) is 10.6 Å². The van der Waals surface area contributed by atoms with Crippen molar-refractivity contribution in [2.75, 3.05) is 19.6 Å². The highest BCUT2D eigenvalue weighted by Crippen LogP contribution is 2.02. The smallest absolute Gasteiger partial charge is 0.0192 e. The topological polar surface area (TPSA) is 24.1 Å². The van der Waals surface area contributed by atoms with Crippen molar-refractivity contribution in [2.24, 2.45) is 0 Å². The first kappa shape index (κ1) is 7.03. The summed E-state index contributed by atoms with van der Waals surface area (Å²) in [6, 6.07) is 0.755. The van der Waals surface area contributed by atoms with Gasteiger partial charge in [0.05, 0.1) is 0 Å². The van der Waals surface area contributed by atoms with E-state index in [4.69, 9.17) is 0 Å². The highest BCUT2D eigenvalue weighted by Gasteiger charge is 2.11. The molecule has 1 rings (SSSR count). The summed E-state index contributed by atoms with van der Waals surface area (Å²) in [6.45, 7) is 5.61. The number of rotatable bonds is 3. The molecule has 0 amide bonds. The molecular formula is C7H16N2. The number of nitrogens with one attached hydrogen (secondary N) is 2. The highest BCUT2D eigenvalue weighted by molar-refractivity contribution is 4.75. The van der Waals surface area contributed by atoms with Gasteiger partial charge in [-0.1, -0.05) is 6.92 Å². The van der Waals surface area contributed by atoms with Gasteiger partial charge in [-0.05, 0) is 25.9 Å². The van der Waals surface area contributed by atoms with Gasteiger partial charge in [0, 0.05) is 12.6 Å². The molecule has 0 aromatic carbocycles. The molecule has 0 saturated carbocycles. The largest absolute Gasteiger partial charge is 0.315 e. The fraction of sp³-hybridized carbons (Fsp3) is 1.00. The maximum Gasteiger partial charge on any atom is 0.0192 e. The van der Waals surface area contributed by atoms with E-state index in [2.05, 4.69) is 17.6 Å². The third kappa shape index (κ3) is 2.33.